The van der Waals surface area contributed by atoms with Crippen molar-refractivity contribution in [2.45, 2.75) is 0 Å². The summed E-state index contributed by atoms with van der Waals surface area (Å²) >= 11 is 4.95. The molecule has 0 bridgehead atoms. The summed E-state index contributed by atoms with van der Waals surface area (Å²) in [7, 11) is 5.12. The van der Waals surface area contributed by atoms with Crippen LogP contribution in [-0.2, 0) is 7.05 Å². The van der Waals surface area contributed by atoms with Gasteiger partial charge in [-0.05, 0) is 52.3 Å². The number of fused-ring (bicyclic) bond motifs is 1. The number of amides is 1. The van der Waals surface area contributed by atoms with E-state index in [1.165, 1.54) is 35.7 Å². The van der Waals surface area contributed by atoms with Gasteiger partial charge < -0.3 is 18.6 Å². The van der Waals surface area contributed by atoms with E-state index in [9.17, 15) is 14.0 Å². The number of halogens is 2. The van der Waals surface area contributed by atoms with Gasteiger partial charge in [-0.15, -0.1) is 0 Å². The number of pyridine rings is 1. The highest BCUT2D eigenvalue weighted by Gasteiger charge is 2.25. The molecule has 0 aliphatic rings. The van der Waals surface area contributed by atoms with E-state index < -0.39 is 0 Å². The molecule has 0 aliphatic carbocycles. The van der Waals surface area contributed by atoms with E-state index in [0.29, 0.717) is 39.0 Å². The lowest BCUT2D eigenvalue weighted by Crippen LogP contribution is -2.19. The maximum Gasteiger partial charge on any atom is 0.258 e. The summed E-state index contributed by atoms with van der Waals surface area (Å²) in [4.78, 5) is 25.9. The summed E-state index contributed by atoms with van der Waals surface area (Å²) in [5, 5.41) is 3.22. The number of hydrogen-bond donors (Lipinski definition) is 1. The molecular formula is C24H21BrFN3O3S. The number of aryl methyl sites for hydroxylation is 1. The molecule has 0 radical (unpaired) electrons. The quantitative estimate of drug-likeness (QED) is 0.348. The first-order valence-corrected chi connectivity index (χ1v) is 12.0. The third-order valence-electron chi connectivity index (χ3n) is 5.42. The molecule has 1 amide bonds. The molecule has 33 heavy (non-hydrogen) atoms. The van der Waals surface area contributed by atoms with Gasteiger partial charge in [-0.2, -0.15) is 0 Å². The lowest BCUT2D eigenvalue weighted by atomic mass is 9.99. The van der Waals surface area contributed by atoms with Crippen molar-refractivity contribution < 1.29 is 13.6 Å². The van der Waals surface area contributed by atoms with Crippen LogP contribution in [0.15, 0.2) is 62.3 Å². The number of rotatable bonds is 5. The van der Waals surface area contributed by atoms with Crippen LogP contribution in [0.5, 0.6) is 0 Å². The van der Waals surface area contributed by atoms with Gasteiger partial charge in [0.15, 0.2) is 0 Å². The minimum absolute atomic E-state index is 0.169. The van der Waals surface area contributed by atoms with Crippen molar-refractivity contribution in [3.63, 3.8) is 0 Å². The molecule has 0 saturated heterocycles. The van der Waals surface area contributed by atoms with Crippen LogP contribution in [0.1, 0.15) is 10.4 Å². The van der Waals surface area contributed by atoms with Crippen LogP contribution >= 0.6 is 27.9 Å². The first-order valence-electron chi connectivity index (χ1n) is 9.98. The molecule has 0 saturated carbocycles. The third-order valence-corrected chi connectivity index (χ3v) is 6.60. The number of nitrogens with one attached hydrogen (secondary N) is 1. The molecule has 0 spiro atoms. The Hall–Kier alpha value is -3.04. The van der Waals surface area contributed by atoms with Crippen molar-refractivity contribution in [1.29, 1.82) is 0 Å². The second-order valence-corrected chi connectivity index (χ2v) is 9.25. The molecule has 0 atom stereocenters. The Balaban J connectivity index is 2.10. The number of aromatic nitrogens is 1. The van der Waals surface area contributed by atoms with Gasteiger partial charge >= 0.3 is 0 Å². The van der Waals surface area contributed by atoms with E-state index in [2.05, 4.69) is 21.2 Å². The largest absolute Gasteiger partial charge is 0.455 e. The number of hydrogen-bond acceptors (Lipinski definition) is 5. The highest BCUT2D eigenvalue weighted by Crippen LogP contribution is 2.41. The molecule has 0 fully saturated rings. The standard InChI is InChI=1S/C24H21BrFN3O3S/c1-27-23(30)21-18-10-16(17-9-14(25)12-28(2)24(17)31)19(29(3)33-4)11-20(18)32-22(21)13-5-7-15(26)8-6-13/h5-12H,1-4H3,(H,27,30). The fraction of sp³-hybridized carbons (Fsp3) is 0.167. The van der Waals surface area contributed by atoms with E-state index in [0.717, 1.165) is 10.2 Å². The summed E-state index contributed by atoms with van der Waals surface area (Å²) in [6.45, 7) is 0. The SMILES string of the molecule is CNC(=O)c1c(-c2ccc(F)cc2)oc2cc(N(C)SC)c(-c3cc(Br)cn(C)c3=O)cc12. The fourth-order valence-corrected chi connectivity index (χ4v) is 4.61. The number of benzene rings is 2. The average Bonchev–Trinajstić information content (AvgIpc) is 3.18. The Kier molecular flexibility index (Phi) is 6.36. The second kappa shape index (κ2) is 9.07. The monoisotopic (exact) mass is 529 g/mol. The van der Waals surface area contributed by atoms with Gasteiger partial charge in [0.2, 0.25) is 0 Å². The van der Waals surface area contributed by atoms with E-state index in [4.69, 9.17) is 4.42 Å². The number of carbonyl (C=O) groups excluding carboxylic acids is 1. The molecule has 9 heteroatoms. The Morgan fingerprint density at radius 2 is 1.88 bits per heavy atom. The van der Waals surface area contributed by atoms with E-state index in [-0.39, 0.29) is 17.3 Å². The van der Waals surface area contributed by atoms with Crippen molar-refractivity contribution in [3.8, 4) is 22.5 Å². The van der Waals surface area contributed by atoms with Crippen LogP contribution in [0.25, 0.3) is 33.4 Å². The summed E-state index contributed by atoms with van der Waals surface area (Å²) < 4.78 is 23.8. The molecule has 4 aromatic rings. The number of nitrogens with zero attached hydrogens (tertiary/aromatic N) is 2. The topological polar surface area (TPSA) is 67.5 Å². The van der Waals surface area contributed by atoms with Crippen LogP contribution in [0.2, 0.25) is 0 Å². The minimum atomic E-state index is -0.381. The zero-order chi connectivity index (χ0) is 23.9. The third kappa shape index (κ3) is 4.18. The summed E-state index contributed by atoms with van der Waals surface area (Å²) in [6.07, 6.45) is 3.62. The van der Waals surface area contributed by atoms with Gasteiger partial charge in [0, 0.05) is 60.6 Å². The van der Waals surface area contributed by atoms with Gasteiger partial charge in [-0.25, -0.2) is 4.39 Å². The molecule has 2 heterocycles. The Bertz CT molecular complexity index is 1430. The van der Waals surface area contributed by atoms with Gasteiger partial charge in [-0.3, -0.25) is 9.59 Å². The van der Waals surface area contributed by atoms with E-state index in [1.807, 2.05) is 29.7 Å². The Morgan fingerprint density at radius 3 is 2.52 bits per heavy atom. The van der Waals surface area contributed by atoms with Crippen molar-refractivity contribution in [2.75, 3.05) is 24.7 Å². The lowest BCUT2D eigenvalue weighted by molar-refractivity contribution is 0.0964. The average molecular weight is 530 g/mol. The predicted molar refractivity (Wildman–Crippen MR) is 135 cm³/mol. The Labute approximate surface area is 202 Å². The molecule has 6 nitrogen and oxygen atoms in total. The molecule has 1 N–H and O–H groups in total. The van der Waals surface area contributed by atoms with Crippen molar-refractivity contribution in [2.24, 2.45) is 7.05 Å². The van der Waals surface area contributed by atoms with Crippen molar-refractivity contribution in [1.82, 2.24) is 9.88 Å². The van der Waals surface area contributed by atoms with Crippen molar-refractivity contribution in [3.05, 3.63) is 74.9 Å². The van der Waals surface area contributed by atoms with Gasteiger partial charge in [0.05, 0.1) is 16.8 Å². The van der Waals surface area contributed by atoms with Crippen LogP contribution in [0.3, 0.4) is 0 Å². The normalized spacial score (nSPS) is 11.1. The minimum Gasteiger partial charge on any atom is -0.455 e. The summed E-state index contributed by atoms with van der Waals surface area (Å²) in [6, 6.07) is 11.2. The van der Waals surface area contributed by atoms with Crippen LogP contribution in [0, 0.1) is 5.82 Å². The van der Waals surface area contributed by atoms with Crippen LogP contribution in [-0.4, -0.2) is 30.8 Å². The van der Waals surface area contributed by atoms with E-state index in [1.54, 1.807) is 31.4 Å². The molecule has 0 aliphatic heterocycles. The smallest absolute Gasteiger partial charge is 0.258 e. The summed E-state index contributed by atoms with van der Waals surface area (Å²) in [5.41, 5.74) is 3.12. The van der Waals surface area contributed by atoms with Crippen molar-refractivity contribution >= 4 is 50.4 Å². The first kappa shape index (κ1) is 23.1. The predicted octanol–water partition coefficient (Wildman–Crippen LogP) is 5.44. The number of furan rings is 1. The molecular weight excluding hydrogens is 509 g/mol. The maximum atomic E-state index is 13.5. The molecule has 170 valence electrons. The number of carbonyl (C=O) groups is 1. The van der Waals surface area contributed by atoms with Crippen LogP contribution < -0.4 is 15.2 Å². The number of anilines is 1. The lowest BCUT2D eigenvalue weighted by Gasteiger charge is -2.20. The molecule has 2 aromatic heterocycles. The maximum absolute atomic E-state index is 13.5. The Morgan fingerprint density at radius 1 is 1.18 bits per heavy atom. The van der Waals surface area contributed by atoms with E-state index >= 15 is 0 Å². The fourth-order valence-electron chi connectivity index (χ4n) is 3.73. The van der Waals surface area contributed by atoms with Gasteiger partial charge in [-0.1, -0.05) is 11.9 Å². The zero-order valence-corrected chi connectivity index (χ0v) is 20.8. The van der Waals surface area contributed by atoms with Gasteiger partial charge in [0.1, 0.15) is 17.2 Å². The molecule has 2 aromatic carbocycles. The zero-order valence-electron chi connectivity index (χ0n) is 18.4. The van der Waals surface area contributed by atoms with Gasteiger partial charge in [0.25, 0.3) is 11.5 Å². The first-order chi connectivity index (χ1) is 15.7. The highest BCUT2D eigenvalue weighted by molar-refractivity contribution is 9.10. The highest BCUT2D eigenvalue weighted by atomic mass is 79.9. The van der Waals surface area contributed by atoms with Crippen LogP contribution in [0.4, 0.5) is 10.1 Å². The molecule has 4 rings (SSSR count). The second-order valence-electron chi connectivity index (χ2n) is 7.43. The summed E-state index contributed by atoms with van der Waals surface area (Å²) in [5.74, 6) is -0.387. The molecule has 0 unspecified atom stereocenters.